The molecular formula is C21H32F2O4. The van der Waals surface area contributed by atoms with Gasteiger partial charge in [-0.25, -0.2) is 0 Å². The molecule has 0 amide bonds. The number of ether oxygens (including phenoxy) is 1. The van der Waals surface area contributed by atoms with Crippen molar-refractivity contribution in [2.45, 2.75) is 83.5 Å². The minimum atomic E-state index is -3.24. The zero-order chi connectivity index (χ0) is 20.3. The highest BCUT2D eigenvalue weighted by Crippen LogP contribution is 2.36. The summed E-state index contributed by atoms with van der Waals surface area (Å²) in [4.78, 5) is 35.0. The lowest BCUT2D eigenvalue weighted by Crippen LogP contribution is -2.29. The number of methoxy groups -OCH3 is 1. The van der Waals surface area contributed by atoms with Crippen molar-refractivity contribution in [1.82, 2.24) is 0 Å². The lowest BCUT2D eigenvalue weighted by Gasteiger charge is -2.19. The van der Waals surface area contributed by atoms with Gasteiger partial charge in [0.15, 0.2) is 0 Å². The molecule has 0 heterocycles. The summed E-state index contributed by atoms with van der Waals surface area (Å²) in [5, 5.41) is 0. The van der Waals surface area contributed by atoms with Crippen LogP contribution in [0.5, 0.6) is 0 Å². The fraction of sp³-hybridized carbons (Fsp3) is 0.762. The summed E-state index contributed by atoms with van der Waals surface area (Å²) in [7, 11) is 1.36. The van der Waals surface area contributed by atoms with E-state index in [0.717, 1.165) is 6.42 Å². The van der Waals surface area contributed by atoms with E-state index in [0.29, 0.717) is 51.4 Å². The largest absolute Gasteiger partial charge is 0.469 e. The first-order valence-electron chi connectivity index (χ1n) is 9.97. The molecule has 0 bridgehead atoms. The zero-order valence-corrected chi connectivity index (χ0v) is 16.5. The normalized spacial score (nSPS) is 20.4. The van der Waals surface area contributed by atoms with E-state index in [1.54, 1.807) is 0 Å². The average molecular weight is 386 g/mol. The van der Waals surface area contributed by atoms with Crippen LogP contribution >= 0.6 is 0 Å². The molecule has 27 heavy (non-hydrogen) atoms. The van der Waals surface area contributed by atoms with Crippen molar-refractivity contribution in [3.8, 4) is 0 Å². The number of alkyl halides is 2. The molecule has 1 aliphatic carbocycles. The van der Waals surface area contributed by atoms with Gasteiger partial charge in [-0.1, -0.05) is 25.5 Å². The minimum Gasteiger partial charge on any atom is -0.469 e. The smallest absolute Gasteiger partial charge is 0.305 e. The Balaban J connectivity index is 2.41. The summed E-state index contributed by atoms with van der Waals surface area (Å²) in [6.45, 7) is 1.82. The quantitative estimate of drug-likeness (QED) is 0.253. The number of carbonyl (C=O) groups excluding carboxylic acids is 3. The third kappa shape index (κ3) is 8.31. The lowest BCUT2D eigenvalue weighted by molar-refractivity contribution is -0.144. The van der Waals surface area contributed by atoms with E-state index in [1.807, 2.05) is 19.1 Å². The van der Waals surface area contributed by atoms with E-state index < -0.39 is 11.7 Å². The van der Waals surface area contributed by atoms with Crippen molar-refractivity contribution in [2.75, 3.05) is 7.11 Å². The molecule has 0 N–H and O–H groups in total. The van der Waals surface area contributed by atoms with Crippen LogP contribution in [0.15, 0.2) is 12.2 Å². The van der Waals surface area contributed by atoms with Gasteiger partial charge in [0.2, 0.25) is 5.78 Å². The van der Waals surface area contributed by atoms with Crippen molar-refractivity contribution in [3.63, 3.8) is 0 Å². The molecule has 154 valence electrons. The summed E-state index contributed by atoms with van der Waals surface area (Å²) >= 11 is 0. The molecular weight excluding hydrogens is 354 g/mol. The molecule has 1 unspecified atom stereocenters. The van der Waals surface area contributed by atoms with E-state index in [-0.39, 0.29) is 36.4 Å². The first kappa shape index (κ1) is 23.4. The van der Waals surface area contributed by atoms with Crippen LogP contribution in [0.1, 0.15) is 77.6 Å². The van der Waals surface area contributed by atoms with Crippen LogP contribution in [0.25, 0.3) is 0 Å². The highest BCUT2D eigenvalue weighted by molar-refractivity contribution is 5.86. The Morgan fingerprint density at radius 3 is 2.63 bits per heavy atom. The molecule has 1 rings (SSSR count). The maximum Gasteiger partial charge on any atom is 0.305 e. The summed E-state index contributed by atoms with van der Waals surface area (Å²) in [6.07, 6.45) is 8.13. The second-order valence-corrected chi connectivity index (χ2v) is 7.32. The van der Waals surface area contributed by atoms with Crippen LogP contribution in [-0.2, 0) is 19.1 Å². The van der Waals surface area contributed by atoms with Crippen LogP contribution < -0.4 is 0 Å². The Hall–Kier alpha value is -1.59. The minimum absolute atomic E-state index is 0.00291. The van der Waals surface area contributed by atoms with E-state index >= 15 is 0 Å². The Labute approximate surface area is 160 Å². The standard InChI is InChI=1S/C21H32F2O4/c1-3-4-15-21(22,23)19(25)14-12-16-11-13-18(24)17(16)9-7-5-6-8-10-20(26)27-2/h5,7,16-17H,3-4,6,8-15H2,1-2H3/b7-5-/t16-,17?/m1/s1. The summed E-state index contributed by atoms with van der Waals surface area (Å²) in [5.41, 5.74) is 0. The number of ketones is 2. The van der Waals surface area contributed by atoms with Crippen molar-refractivity contribution in [1.29, 1.82) is 0 Å². The third-order valence-corrected chi connectivity index (χ3v) is 5.27. The highest BCUT2D eigenvalue weighted by Gasteiger charge is 2.39. The fourth-order valence-corrected chi connectivity index (χ4v) is 3.51. The number of carbonyl (C=O) groups is 3. The van der Waals surface area contributed by atoms with Gasteiger partial charge >= 0.3 is 11.9 Å². The van der Waals surface area contributed by atoms with Crippen LogP contribution in [0.4, 0.5) is 8.78 Å². The molecule has 0 aromatic heterocycles. The zero-order valence-electron chi connectivity index (χ0n) is 16.5. The number of hydrogen-bond donors (Lipinski definition) is 0. The van der Waals surface area contributed by atoms with E-state index in [9.17, 15) is 23.2 Å². The molecule has 0 saturated heterocycles. The molecule has 1 fully saturated rings. The SMILES string of the molecule is CCCCC(F)(F)C(=O)CC[C@H]1CCC(=O)C1C/C=C\CCCC(=O)OC. The molecule has 0 aliphatic heterocycles. The van der Waals surface area contributed by atoms with Gasteiger partial charge < -0.3 is 4.74 Å². The van der Waals surface area contributed by atoms with E-state index in [1.165, 1.54) is 7.11 Å². The van der Waals surface area contributed by atoms with Crippen molar-refractivity contribution in [2.24, 2.45) is 11.8 Å². The molecule has 0 aromatic rings. The average Bonchev–Trinajstić information content (AvgIpc) is 3.00. The molecule has 4 nitrogen and oxygen atoms in total. The number of esters is 1. The predicted molar refractivity (Wildman–Crippen MR) is 99.6 cm³/mol. The molecule has 2 atom stereocenters. The highest BCUT2D eigenvalue weighted by atomic mass is 19.3. The van der Waals surface area contributed by atoms with Gasteiger partial charge in [-0.3, -0.25) is 14.4 Å². The lowest BCUT2D eigenvalue weighted by atomic mass is 9.87. The number of halogens is 2. The van der Waals surface area contributed by atoms with Gasteiger partial charge in [-0.2, -0.15) is 8.78 Å². The van der Waals surface area contributed by atoms with E-state index in [2.05, 4.69) is 4.74 Å². The molecule has 1 saturated carbocycles. The maximum absolute atomic E-state index is 13.8. The van der Waals surface area contributed by atoms with Gasteiger partial charge in [0.05, 0.1) is 7.11 Å². The Kier molecular flexibility index (Phi) is 10.4. The summed E-state index contributed by atoms with van der Waals surface area (Å²) in [5.74, 6) is -4.50. The van der Waals surface area contributed by atoms with Gasteiger partial charge in [-0.05, 0) is 44.4 Å². The fourth-order valence-electron chi connectivity index (χ4n) is 3.51. The first-order valence-corrected chi connectivity index (χ1v) is 9.97. The van der Waals surface area contributed by atoms with Crippen LogP contribution in [0.3, 0.4) is 0 Å². The molecule has 6 heteroatoms. The van der Waals surface area contributed by atoms with Crippen molar-refractivity contribution in [3.05, 3.63) is 12.2 Å². The van der Waals surface area contributed by atoms with Gasteiger partial charge in [0.25, 0.3) is 0 Å². The Morgan fingerprint density at radius 2 is 1.96 bits per heavy atom. The Morgan fingerprint density at radius 1 is 1.22 bits per heavy atom. The maximum atomic E-state index is 13.8. The van der Waals surface area contributed by atoms with Crippen LogP contribution in [0, 0.1) is 11.8 Å². The monoisotopic (exact) mass is 386 g/mol. The second-order valence-electron chi connectivity index (χ2n) is 7.32. The number of hydrogen-bond acceptors (Lipinski definition) is 4. The molecule has 0 aromatic carbocycles. The van der Waals surface area contributed by atoms with Crippen LogP contribution in [0.2, 0.25) is 0 Å². The van der Waals surface area contributed by atoms with Gasteiger partial charge in [0.1, 0.15) is 5.78 Å². The second kappa shape index (κ2) is 12.0. The summed E-state index contributed by atoms with van der Waals surface area (Å²) < 4.78 is 32.2. The van der Waals surface area contributed by atoms with Crippen LogP contribution in [-0.4, -0.2) is 30.6 Å². The third-order valence-electron chi connectivity index (χ3n) is 5.27. The van der Waals surface area contributed by atoms with Crippen molar-refractivity contribution >= 4 is 17.5 Å². The topological polar surface area (TPSA) is 60.4 Å². The number of allylic oxidation sites excluding steroid dienone is 2. The number of rotatable bonds is 13. The first-order chi connectivity index (χ1) is 12.8. The van der Waals surface area contributed by atoms with E-state index in [4.69, 9.17) is 0 Å². The molecule has 0 radical (unpaired) electrons. The van der Waals surface area contributed by atoms with Gasteiger partial charge in [-0.15, -0.1) is 0 Å². The Bertz CT molecular complexity index is 528. The molecule has 1 aliphatic rings. The summed E-state index contributed by atoms with van der Waals surface area (Å²) in [6, 6.07) is 0. The van der Waals surface area contributed by atoms with Gasteiger partial charge in [0, 0.05) is 31.6 Å². The number of unbranched alkanes of at least 4 members (excludes halogenated alkanes) is 2. The molecule has 0 spiro atoms. The predicted octanol–water partition coefficient (Wildman–Crippen LogP) is 5.05. The van der Waals surface area contributed by atoms with Crippen molar-refractivity contribution < 1.29 is 27.9 Å². The number of Topliss-reactive ketones (excluding diaryl/α,β-unsaturated/α-hetero) is 2.